The van der Waals surface area contributed by atoms with Crippen LogP contribution in [0.1, 0.15) is 6.92 Å². The summed E-state index contributed by atoms with van der Waals surface area (Å²) in [6, 6.07) is 4.28. The molecule has 0 saturated carbocycles. The van der Waals surface area contributed by atoms with Crippen LogP contribution in [-0.4, -0.2) is 6.04 Å². The van der Waals surface area contributed by atoms with Crippen LogP contribution in [0, 0.1) is 5.82 Å². The van der Waals surface area contributed by atoms with Crippen molar-refractivity contribution < 1.29 is 4.39 Å². The third kappa shape index (κ3) is 2.74. The smallest absolute Gasteiger partial charge is 0.125 e. The summed E-state index contributed by atoms with van der Waals surface area (Å²) in [5.74, 6) is -0.303. The molecule has 0 aromatic heterocycles. The average molecular weight is 200 g/mol. The molecule has 0 fully saturated rings. The topological polar surface area (TPSA) is 12.0 Å². The third-order valence-corrected chi connectivity index (χ3v) is 1.99. The Labute approximate surface area is 82.2 Å². The highest BCUT2D eigenvalue weighted by Gasteiger charge is 2.03. The van der Waals surface area contributed by atoms with E-state index in [1.807, 2.05) is 6.92 Å². The van der Waals surface area contributed by atoms with Gasteiger partial charge in [-0.05, 0) is 25.1 Å². The summed E-state index contributed by atoms with van der Waals surface area (Å²) in [5.41, 5.74) is 0.592. The molecule has 1 nitrogen and oxygen atoms in total. The molecule has 1 aromatic rings. The molecular formula is C10H11ClFN. The third-order valence-electron chi connectivity index (χ3n) is 1.67. The molecule has 1 unspecified atom stereocenters. The van der Waals surface area contributed by atoms with Crippen LogP contribution in [0.25, 0.3) is 0 Å². The molecule has 0 aliphatic rings. The van der Waals surface area contributed by atoms with Crippen LogP contribution in [0.15, 0.2) is 30.9 Å². The van der Waals surface area contributed by atoms with Crippen molar-refractivity contribution in [2.75, 3.05) is 5.32 Å². The lowest BCUT2D eigenvalue weighted by Gasteiger charge is -2.11. The fourth-order valence-corrected chi connectivity index (χ4v) is 1.08. The minimum atomic E-state index is -0.303. The van der Waals surface area contributed by atoms with Gasteiger partial charge in [0.15, 0.2) is 0 Å². The first-order valence-corrected chi connectivity index (χ1v) is 4.35. The maximum Gasteiger partial charge on any atom is 0.125 e. The molecule has 70 valence electrons. The molecule has 0 amide bonds. The lowest BCUT2D eigenvalue weighted by Crippen LogP contribution is -2.11. The van der Waals surface area contributed by atoms with E-state index >= 15 is 0 Å². The predicted molar refractivity (Wildman–Crippen MR) is 54.7 cm³/mol. The minimum Gasteiger partial charge on any atom is -0.378 e. The Hall–Kier alpha value is -1.02. The van der Waals surface area contributed by atoms with Crippen LogP contribution in [0.5, 0.6) is 0 Å². The zero-order valence-corrected chi connectivity index (χ0v) is 8.11. The van der Waals surface area contributed by atoms with E-state index in [0.717, 1.165) is 0 Å². The van der Waals surface area contributed by atoms with Gasteiger partial charge >= 0.3 is 0 Å². The van der Waals surface area contributed by atoms with Crippen LogP contribution < -0.4 is 5.32 Å². The van der Waals surface area contributed by atoms with Crippen LogP contribution in [0.2, 0.25) is 5.02 Å². The Balaban J connectivity index is 2.86. The van der Waals surface area contributed by atoms with E-state index in [9.17, 15) is 4.39 Å². The summed E-state index contributed by atoms with van der Waals surface area (Å²) in [6.07, 6.45) is 1.72. The molecule has 0 aliphatic carbocycles. The Morgan fingerprint density at radius 1 is 1.62 bits per heavy atom. The highest BCUT2D eigenvalue weighted by molar-refractivity contribution is 6.33. The summed E-state index contributed by atoms with van der Waals surface area (Å²) >= 11 is 5.83. The Bertz CT molecular complexity index is 312. The molecule has 0 saturated heterocycles. The van der Waals surface area contributed by atoms with Crippen molar-refractivity contribution in [1.82, 2.24) is 0 Å². The lowest BCUT2D eigenvalue weighted by atomic mass is 10.2. The van der Waals surface area contributed by atoms with Gasteiger partial charge in [-0.15, -0.1) is 6.58 Å². The summed E-state index contributed by atoms with van der Waals surface area (Å²) in [5, 5.41) is 3.52. The van der Waals surface area contributed by atoms with Crippen molar-refractivity contribution in [1.29, 1.82) is 0 Å². The zero-order valence-electron chi connectivity index (χ0n) is 7.35. The number of nitrogens with one attached hydrogen (secondary N) is 1. The summed E-state index contributed by atoms with van der Waals surface area (Å²) in [6.45, 7) is 5.52. The first kappa shape index (κ1) is 10.1. The second kappa shape index (κ2) is 4.28. The molecular weight excluding hydrogens is 189 g/mol. The molecule has 1 N–H and O–H groups in total. The normalized spacial score (nSPS) is 12.2. The zero-order chi connectivity index (χ0) is 9.84. The van der Waals surface area contributed by atoms with E-state index < -0.39 is 0 Å². The Kier molecular flexibility index (Phi) is 3.32. The summed E-state index contributed by atoms with van der Waals surface area (Å²) < 4.78 is 12.8. The SMILES string of the molecule is C=CC(C)Nc1cc(F)ccc1Cl. The van der Waals surface area contributed by atoms with Gasteiger partial charge in [0.1, 0.15) is 5.82 Å². The van der Waals surface area contributed by atoms with Crippen LogP contribution in [0.4, 0.5) is 10.1 Å². The van der Waals surface area contributed by atoms with Crippen LogP contribution >= 0.6 is 11.6 Å². The van der Waals surface area contributed by atoms with E-state index in [0.29, 0.717) is 10.7 Å². The van der Waals surface area contributed by atoms with Gasteiger partial charge in [0.25, 0.3) is 0 Å². The second-order valence-corrected chi connectivity index (χ2v) is 3.20. The fourth-order valence-electron chi connectivity index (χ4n) is 0.912. The molecule has 3 heteroatoms. The van der Waals surface area contributed by atoms with Crippen molar-refractivity contribution in [3.8, 4) is 0 Å². The predicted octanol–water partition coefficient (Wildman–Crippen LogP) is 3.47. The molecule has 0 heterocycles. The number of hydrogen-bond acceptors (Lipinski definition) is 1. The number of halogens is 2. The quantitative estimate of drug-likeness (QED) is 0.736. The number of benzene rings is 1. The molecule has 0 radical (unpaired) electrons. The van der Waals surface area contributed by atoms with Gasteiger partial charge in [-0.25, -0.2) is 4.39 Å². The van der Waals surface area contributed by atoms with Crippen LogP contribution in [-0.2, 0) is 0 Å². The fraction of sp³-hybridized carbons (Fsp3) is 0.200. The van der Waals surface area contributed by atoms with Gasteiger partial charge in [-0.3, -0.25) is 0 Å². The van der Waals surface area contributed by atoms with Crippen molar-refractivity contribution in [3.63, 3.8) is 0 Å². The number of hydrogen-bond donors (Lipinski definition) is 1. The van der Waals surface area contributed by atoms with Gasteiger partial charge in [0.05, 0.1) is 10.7 Å². The number of rotatable bonds is 3. The van der Waals surface area contributed by atoms with Crippen molar-refractivity contribution in [2.45, 2.75) is 13.0 Å². The highest BCUT2D eigenvalue weighted by atomic mass is 35.5. The van der Waals surface area contributed by atoms with Gasteiger partial charge in [-0.1, -0.05) is 17.7 Å². The second-order valence-electron chi connectivity index (χ2n) is 2.79. The van der Waals surface area contributed by atoms with Gasteiger partial charge < -0.3 is 5.32 Å². The van der Waals surface area contributed by atoms with E-state index in [4.69, 9.17) is 11.6 Å². The maximum atomic E-state index is 12.8. The van der Waals surface area contributed by atoms with Crippen molar-refractivity contribution in [3.05, 3.63) is 41.7 Å². The minimum absolute atomic E-state index is 0.0688. The standard InChI is InChI=1S/C10H11ClFN/c1-3-7(2)13-10-6-8(12)4-5-9(10)11/h3-7,13H,1H2,2H3. The Morgan fingerprint density at radius 3 is 2.92 bits per heavy atom. The Morgan fingerprint density at radius 2 is 2.31 bits per heavy atom. The van der Waals surface area contributed by atoms with Gasteiger partial charge in [0, 0.05) is 6.04 Å². The monoisotopic (exact) mass is 199 g/mol. The lowest BCUT2D eigenvalue weighted by molar-refractivity contribution is 0.628. The summed E-state index contributed by atoms with van der Waals surface area (Å²) in [7, 11) is 0. The molecule has 0 bridgehead atoms. The molecule has 0 spiro atoms. The van der Waals surface area contributed by atoms with E-state index in [-0.39, 0.29) is 11.9 Å². The summed E-state index contributed by atoms with van der Waals surface area (Å²) in [4.78, 5) is 0. The first-order valence-electron chi connectivity index (χ1n) is 3.97. The highest BCUT2D eigenvalue weighted by Crippen LogP contribution is 2.22. The van der Waals surface area contributed by atoms with E-state index in [1.54, 1.807) is 6.08 Å². The van der Waals surface area contributed by atoms with E-state index in [2.05, 4.69) is 11.9 Å². The van der Waals surface area contributed by atoms with Crippen molar-refractivity contribution in [2.24, 2.45) is 0 Å². The average Bonchev–Trinajstić information content (AvgIpc) is 2.11. The van der Waals surface area contributed by atoms with Gasteiger partial charge in [-0.2, -0.15) is 0 Å². The largest absolute Gasteiger partial charge is 0.378 e. The van der Waals surface area contributed by atoms with Crippen molar-refractivity contribution >= 4 is 17.3 Å². The van der Waals surface area contributed by atoms with E-state index in [1.165, 1.54) is 18.2 Å². The number of anilines is 1. The van der Waals surface area contributed by atoms with Gasteiger partial charge in [0.2, 0.25) is 0 Å². The van der Waals surface area contributed by atoms with Crippen LogP contribution in [0.3, 0.4) is 0 Å². The molecule has 13 heavy (non-hydrogen) atoms. The molecule has 1 rings (SSSR count). The molecule has 1 aromatic carbocycles. The molecule has 0 aliphatic heterocycles. The first-order chi connectivity index (χ1) is 6.13. The molecule has 1 atom stereocenters. The maximum absolute atomic E-state index is 12.8.